The lowest BCUT2D eigenvalue weighted by molar-refractivity contribution is 0.609. The first-order valence-electron chi connectivity index (χ1n) is 6.81. The summed E-state index contributed by atoms with van der Waals surface area (Å²) < 4.78 is 39.3. The van der Waals surface area contributed by atoms with Crippen LogP contribution in [-0.4, -0.2) is 8.42 Å². The highest BCUT2D eigenvalue weighted by Gasteiger charge is 2.07. The summed E-state index contributed by atoms with van der Waals surface area (Å²) in [4.78, 5) is 0. The maximum Gasteiger partial charge on any atom is 0.255 e. The molecule has 0 unspecified atom stereocenters. The lowest BCUT2D eigenvalue weighted by Crippen LogP contribution is -2.08. The molecule has 0 saturated heterocycles. The summed E-state index contributed by atoms with van der Waals surface area (Å²) in [5.74, 6) is -0.413. The molecule has 116 valence electrons. The van der Waals surface area contributed by atoms with E-state index in [4.69, 9.17) is 0 Å². The SMILES string of the molecule is Cc1cc(C)c(/C=C/S(=O)(=O)Nc2ccc(F)cc2)c(C)c1. The van der Waals surface area contributed by atoms with Crippen molar-refractivity contribution >= 4 is 21.8 Å². The van der Waals surface area contributed by atoms with Gasteiger partial charge in [0.15, 0.2) is 0 Å². The molecule has 0 aromatic heterocycles. The number of nitrogens with one attached hydrogen (secondary N) is 1. The topological polar surface area (TPSA) is 46.2 Å². The zero-order chi connectivity index (χ0) is 16.3. The molecule has 0 aliphatic rings. The highest BCUT2D eigenvalue weighted by atomic mass is 32.2. The van der Waals surface area contributed by atoms with Crippen LogP contribution in [0.25, 0.3) is 6.08 Å². The summed E-state index contributed by atoms with van der Waals surface area (Å²) >= 11 is 0. The van der Waals surface area contributed by atoms with Crippen molar-refractivity contribution < 1.29 is 12.8 Å². The molecule has 0 fully saturated rings. The van der Waals surface area contributed by atoms with Gasteiger partial charge in [-0.2, -0.15) is 0 Å². The van der Waals surface area contributed by atoms with Crippen LogP contribution in [0.4, 0.5) is 10.1 Å². The third kappa shape index (κ3) is 4.18. The van der Waals surface area contributed by atoms with Crippen LogP contribution in [0.5, 0.6) is 0 Å². The Labute approximate surface area is 130 Å². The Bertz CT molecular complexity index is 786. The van der Waals surface area contributed by atoms with Gasteiger partial charge in [0.2, 0.25) is 0 Å². The van der Waals surface area contributed by atoms with Crippen LogP contribution in [-0.2, 0) is 10.0 Å². The Morgan fingerprint density at radius 1 is 1.00 bits per heavy atom. The number of rotatable bonds is 4. The summed E-state index contributed by atoms with van der Waals surface area (Å²) in [7, 11) is -3.64. The van der Waals surface area contributed by atoms with Crippen molar-refractivity contribution in [3.63, 3.8) is 0 Å². The monoisotopic (exact) mass is 319 g/mol. The van der Waals surface area contributed by atoms with Gasteiger partial charge < -0.3 is 0 Å². The summed E-state index contributed by atoms with van der Waals surface area (Å²) in [5.41, 5.74) is 4.38. The summed E-state index contributed by atoms with van der Waals surface area (Å²) in [6.45, 7) is 5.89. The van der Waals surface area contributed by atoms with Crippen molar-refractivity contribution in [2.75, 3.05) is 4.72 Å². The maximum atomic E-state index is 12.8. The van der Waals surface area contributed by atoms with Crippen molar-refractivity contribution in [3.8, 4) is 0 Å². The average Bonchev–Trinajstić information content (AvgIpc) is 2.40. The molecule has 2 aromatic rings. The number of hydrogen-bond donors (Lipinski definition) is 1. The molecule has 0 amide bonds. The van der Waals surface area contributed by atoms with Gasteiger partial charge in [0, 0.05) is 5.69 Å². The minimum absolute atomic E-state index is 0.323. The number of halogens is 1. The standard InChI is InChI=1S/C17H18FNO2S/c1-12-10-13(2)17(14(3)11-12)8-9-22(20,21)19-16-6-4-15(18)5-7-16/h4-11,19H,1-3H3/b9-8+. The fourth-order valence-corrected chi connectivity index (χ4v) is 3.18. The van der Waals surface area contributed by atoms with Crippen molar-refractivity contribution in [1.29, 1.82) is 0 Å². The molecule has 0 bridgehead atoms. The van der Waals surface area contributed by atoms with E-state index < -0.39 is 15.8 Å². The predicted molar refractivity (Wildman–Crippen MR) is 88.6 cm³/mol. The van der Waals surface area contributed by atoms with Crippen molar-refractivity contribution in [2.45, 2.75) is 20.8 Å². The van der Waals surface area contributed by atoms with Crippen LogP contribution >= 0.6 is 0 Å². The van der Waals surface area contributed by atoms with Crippen LogP contribution in [0.2, 0.25) is 0 Å². The van der Waals surface area contributed by atoms with Gasteiger partial charge in [-0.15, -0.1) is 0 Å². The minimum Gasteiger partial charge on any atom is -0.280 e. The van der Waals surface area contributed by atoms with Crippen molar-refractivity contribution in [3.05, 3.63) is 69.9 Å². The summed E-state index contributed by atoms with van der Waals surface area (Å²) in [6.07, 6.45) is 1.58. The van der Waals surface area contributed by atoms with E-state index in [0.717, 1.165) is 27.7 Å². The molecule has 22 heavy (non-hydrogen) atoms. The van der Waals surface area contributed by atoms with Gasteiger partial charge in [0.25, 0.3) is 10.0 Å². The van der Waals surface area contributed by atoms with Gasteiger partial charge in [-0.1, -0.05) is 17.7 Å². The minimum atomic E-state index is -3.64. The molecule has 0 aliphatic heterocycles. The van der Waals surface area contributed by atoms with Crippen LogP contribution < -0.4 is 4.72 Å². The summed E-state index contributed by atoms with van der Waals surface area (Å²) in [5, 5.41) is 1.13. The van der Waals surface area contributed by atoms with E-state index >= 15 is 0 Å². The molecule has 0 spiro atoms. The lowest BCUT2D eigenvalue weighted by atomic mass is 10.0. The number of benzene rings is 2. The highest BCUT2D eigenvalue weighted by Crippen LogP contribution is 2.19. The first-order valence-corrected chi connectivity index (χ1v) is 8.36. The second-order valence-corrected chi connectivity index (χ2v) is 6.84. The van der Waals surface area contributed by atoms with Gasteiger partial charge in [-0.25, -0.2) is 12.8 Å². The molecular weight excluding hydrogens is 301 g/mol. The number of aryl methyl sites for hydroxylation is 3. The summed E-state index contributed by atoms with van der Waals surface area (Å²) in [6, 6.07) is 9.18. The van der Waals surface area contributed by atoms with Crippen LogP contribution in [0.3, 0.4) is 0 Å². The van der Waals surface area contributed by atoms with Crippen LogP contribution in [0.1, 0.15) is 22.3 Å². The molecule has 3 nitrogen and oxygen atoms in total. The first-order chi connectivity index (χ1) is 10.3. The fourth-order valence-electron chi connectivity index (χ4n) is 2.33. The second-order valence-electron chi connectivity index (χ2n) is 5.27. The molecule has 2 aromatic carbocycles. The van der Waals surface area contributed by atoms with E-state index in [1.165, 1.54) is 24.3 Å². The van der Waals surface area contributed by atoms with E-state index in [9.17, 15) is 12.8 Å². The van der Waals surface area contributed by atoms with Gasteiger partial charge in [-0.3, -0.25) is 4.72 Å². The molecule has 2 rings (SSSR count). The zero-order valence-corrected chi connectivity index (χ0v) is 13.5. The zero-order valence-electron chi connectivity index (χ0n) is 12.7. The predicted octanol–water partition coefficient (Wildman–Crippen LogP) is 4.16. The molecule has 0 heterocycles. The molecule has 1 N–H and O–H groups in total. The molecule has 0 aliphatic carbocycles. The van der Waals surface area contributed by atoms with Crippen molar-refractivity contribution in [1.82, 2.24) is 0 Å². The second kappa shape index (κ2) is 6.32. The Balaban J connectivity index is 2.23. The van der Waals surface area contributed by atoms with Gasteiger partial charge in [-0.05, 0) is 67.8 Å². The van der Waals surface area contributed by atoms with E-state index in [1.807, 2.05) is 32.9 Å². The average molecular weight is 319 g/mol. The first kappa shape index (κ1) is 16.2. The Hall–Kier alpha value is -2.14. The molecule has 0 radical (unpaired) electrons. The fraction of sp³-hybridized carbons (Fsp3) is 0.176. The maximum absolute atomic E-state index is 12.8. The Morgan fingerprint density at radius 3 is 2.09 bits per heavy atom. The number of hydrogen-bond acceptors (Lipinski definition) is 2. The van der Waals surface area contributed by atoms with E-state index in [-0.39, 0.29) is 0 Å². The van der Waals surface area contributed by atoms with Crippen molar-refractivity contribution in [2.24, 2.45) is 0 Å². The third-order valence-corrected chi connectivity index (χ3v) is 4.27. The van der Waals surface area contributed by atoms with Crippen LogP contribution in [0, 0.1) is 26.6 Å². The quantitative estimate of drug-likeness (QED) is 0.919. The van der Waals surface area contributed by atoms with Crippen LogP contribution in [0.15, 0.2) is 41.8 Å². The largest absolute Gasteiger partial charge is 0.280 e. The molecule has 5 heteroatoms. The Kier molecular flexibility index (Phi) is 4.66. The molecule has 0 saturated carbocycles. The molecule has 0 atom stereocenters. The van der Waals surface area contributed by atoms with Gasteiger partial charge >= 0.3 is 0 Å². The van der Waals surface area contributed by atoms with Gasteiger partial charge in [0.1, 0.15) is 5.82 Å². The normalized spacial score (nSPS) is 11.8. The lowest BCUT2D eigenvalue weighted by Gasteiger charge is -2.08. The third-order valence-electron chi connectivity index (χ3n) is 3.26. The Morgan fingerprint density at radius 2 is 1.55 bits per heavy atom. The number of sulfonamides is 1. The van der Waals surface area contributed by atoms with E-state index in [1.54, 1.807) is 6.08 Å². The van der Waals surface area contributed by atoms with E-state index in [2.05, 4.69) is 4.72 Å². The highest BCUT2D eigenvalue weighted by molar-refractivity contribution is 7.95. The molecular formula is C17H18FNO2S. The number of anilines is 1. The smallest absolute Gasteiger partial charge is 0.255 e. The van der Waals surface area contributed by atoms with E-state index in [0.29, 0.717) is 5.69 Å². The van der Waals surface area contributed by atoms with Gasteiger partial charge in [0.05, 0.1) is 5.41 Å².